The van der Waals surface area contributed by atoms with Gasteiger partial charge in [0.2, 0.25) is 5.91 Å². The van der Waals surface area contributed by atoms with Gasteiger partial charge in [-0.25, -0.2) is 4.39 Å². The van der Waals surface area contributed by atoms with Gasteiger partial charge in [-0.1, -0.05) is 48.6 Å². The molecule has 1 heterocycles. The molecule has 1 aliphatic heterocycles. The first-order chi connectivity index (χ1) is 14.0. The molecule has 2 aromatic rings. The zero-order valence-electron chi connectivity index (χ0n) is 15.8. The van der Waals surface area contributed by atoms with Gasteiger partial charge in [-0.2, -0.15) is 0 Å². The summed E-state index contributed by atoms with van der Waals surface area (Å²) in [6.07, 6.45) is 2.26. The third-order valence-electron chi connectivity index (χ3n) is 4.57. The van der Waals surface area contributed by atoms with Gasteiger partial charge in [-0.05, 0) is 23.8 Å². The summed E-state index contributed by atoms with van der Waals surface area (Å²) in [6.45, 7) is 0.0897. The van der Waals surface area contributed by atoms with Crippen LogP contribution in [0.4, 0.5) is 4.39 Å². The van der Waals surface area contributed by atoms with E-state index in [1.54, 1.807) is 12.2 Å². The molecule has 2 aromatic carbocycles. The van der Waals surface area contributed by atoms with E-state index in [1.807, 2.05) is 30.3 Å². The highest BCUT2D eigenvalue weighted by atomic mass is 19.1. The van der Waals surface area contributed by atoms with Gasteiger partial charge in [0.25, 0.3) is 5.91 Å². The predicted molar refractivity (Wildman–Crippen MR) is 105 cm³/mol. The zero-order chi connectivity index (χ0) is 20.6. The van der Waals surface area contributed by atoms with Gasteiger partial charge in [-0.3, -0.25) is 9.59 Å². The van der Waals surface area contributed by atoms with Crippen molar-refractivity contribution in [2.75, 3.05) is 6.61 Å². The molecule has 0 radical (unpaired) electrons. The molecule has 0 aliphatic carbocycles. The molecule has 3 atom stereocenters. The second-order valence-corrected chi connectivity index (χ2v) is 6.76. The third kappa shape index (κ3) is 5.97. The van der Waals surface area contributed by atoms with Crippen molar-refractivity contribution < 1.29 is 23.8 Å². The van der Waals surface area contributed by atoms with Crippen LogP contribution in [0.2, 0.25) is 0 Å². The van der Waals surface area contributed by atoms with Crippen molar-refractivity contribution in [2.24, 2.45) is 0 Å². The Balaban J connectivity index is 1.53. The lowest BCUT2D eigenvalue weighted by molar-refractivity contribution is -0.125. The van der Waals surface area contributed by atoms with E-state index in [1.165, 1.54) is 18.2 Å². The van der Waals surface area contributed by atoms with Crippen LogP contribution in [0.25, 0.3) is 0 Å². The Morgan fingerprint density at radius 3 is 2.59 bits per heavy atom. The number of carbonyl (C=O) groups is 2. The molecule has 7 heteroatoms. The van der Waals surface area contributed by atoms with E-state index in [0.29, 0.717) is 6.54 Å². The Morgan fingerprint density at radius 1 is 1.07 bits per heavy atom. The minimum atomic E-state index is -0.704. The number of rotatable bonds is 7. The molecule has 0 saturated carbocycles. The highest BCUT2D eigenvalue weighted by molar-refractivity contribution is 5.94. The van der Waals surface area contributed by atoms with Gasteiger partial charge in [0.05, 0.1) is 25.2 Å². The lowest BCUT2D eigenvalue weighted by atomic mass is 10.0. The van der Waals surface area contributed by atoms with E-state index < -0.39 is 30.0 Å². The summed E-state index contributed by atoms with van der Waals surface area (Å²) in [5.41, 5.74) is 1.17. The SMILES string of the molecule is O=C(C[C@H]1C=C[C@H](NC(=O)c2cccc(F)c2)[C@@H](CO)O1)NCc1ccccc1. The molecule has 29 heavy (non-hydrogen) atoms. The second-order valence-electron chi connectivity index (χ2n) is 6.76. The standard InChI is InChI=1S/C22H23FN2O4/c23-17-8-4-7-16(11-17)22(28)25-19-10-9-18(29-20(19)14-26)12-21(27)24-13-15-5-2-1-3-6-15/h1-11,18-20,26H,12-14H2,(H,24,27)(H,25,28)/t18-,19+,20-/m1/s1. The van der Waals surface area contributed by atoms with Gasteiger partial charge in [0.1, 0.15) is 11.9 Å². The highest BCUT2D eigenvalue weighted by Crippen LogP contribution is 2.16. The van der Waals surface area contributed by atoms with Crippen molar-refractivity contribution >= 4 is 11.8 Å². The van der Waals surface area contributed by atoms with Crippen molar-refractivity contribution in [3.8, 4) is 0 Å². The maximum Gasteiger partial charge on any atom is 0.251 e. The minimum absolute atomic E-state index is 0.102. The molecule has 152 valence electrons. The van der Waals surface area contributed by atoms with E-state index in [0.717, 1.165) is 11.6 Å². The van der Waals surface area contributed by atoms with Gasteiger partial charge in [-0.15, -0.1) is 0 Å². The Bertz CT molecular complexity index is 872. The minimum Gasteiger partial charge on any atom is -0.394 e. The van der Waals surface area contributed by atoms with Crippen molar-refractivity contribution in [1.29, 1.82) is 0 Å². The molecule has 2 amide bonds. The van der Waals surface area contributed by atoms with Gasteiger partial charge >= 0.3 is 0 Å². The van der Waals surface area contributed by atoms with Crippen LogP contribution < -0.4 is 10.6 Å². The third-order valence-corrected chi connectivity index (χ3v) is 4.57. The normalized spacial score (nSPS) is 20.8. The summed E-state index contributed by atoms with van der Waals surface area (Å²) in [5.74, 6) is -1.16. The fourth-order valence-electron chi connectivity index (χ4n) is 3.05. The molecule has 1 aliphatic rings. The highest BCUT2D eigenvalue weighted by Gasteiger charge is 2.29. The number of benzene rings is 2. The van der Waals surface area contributed by atoms with Crippen molar-refractivity contribution in [2.45, 2.75) is 31.2 Å². The quantitative estimate of drug-likeness (QED) is 0.622. The second kappa shape index (κ2) is 9.95. The van der Waals surface area contributed by atoms with Gasteiger partial charge < -0.3 is 20.5 Å². The molecular weight excluding hydrogens is 375 g/mol. The number of halogens is 1. The number of ether oxygens (including phenoxy) is 1. The van der Waals surface area contributed by atoms with Crippen molar-refractivity contribution in [3.63, 3.8) is 0 Å². The summed E-state index contributed by atoms with van der Waals surface area (Å²) >= 11 is 0. The average Bonchev–Trinajstić information content (AvgIpc) is 2.74. The van der Waals surface area contributed by atoms with Gasteiger partial charge in [0, 0.05) is 12.1 Å². The van der Waals surface area contributed by atoms with Crippen molar-refractivity contribution in [1.82, 2.24) is 10.6 Å². The Kier molecular flexibility index (Phi) is 7.10. The Hall–Kier alpha value is -3.03. The fraction of sp³-hybridized carbons (Fsp3) is 0.273. The van der Waals surface area contributed by atoms with E-state index in [4.69, 9.17) is 4.74 Å². The molecular formula is C22H23FN2O4. The molecule has 6 nitrogen and oxygen atoms in total. The first kappa shape index (κ1) is 20.7. The first-order valence-corrected chi connectivity index (χ1v) is 9.37. The number of amides is 2. The monoisotopic (exact) mass is 398 g/mol. The molecule has 0 fully saturated rings. The van der Waals surface area contributed by atoms with Crippen LogP contribution in [0.1, 0.15) is 22.3 Å². The van der Waals surface area contributed by atoms with Crippen LogP contribution in [0.15, 0.2) is 66.7 Å². The van der Waals surface area contributed by atoms with E-state index in [9.17, 15) is 19.1 Å². The molecule has 0 unspecified atom stereocenters. The average molecular weight is 398 g/mol. The van der Waals surface area contributed by atoms with Crippen LogP contribution in [0, 0.1) is 5.82 Å². The Morgan fingerprint density at radius 2 is 1.86 bits per heavy atom. The maximum absolute atomic E-state index is 13.3. The molecule has 0 spiro atoms. The van der Waals surface area contributed by atoms with Crippen LogP contribution in [-0.2, 0) is 16.1 Å². The number of hydrogen-bond acceptors (Lipinski definition) is 4. The summed E-state index contributed by atoms with van der Waals surface area (Å²) < 4.78 is 19.0. The first-order valence-electron chi connectivity index (χ1n) is 9.37. The number of nitrogens with one attached hydrogen (secondary N) is 2. The van der Waals surface area contributed by atoms with E-state index in [2.05, 4.69) is 10.6 Å². The number of carbonyl (C=O) groups excluding carboxylic acids is 2. The van der Waals surface area contributed by atoms with E-state index >= 15 is 0 Å². The van der Waals surface area contributed by atoms with Crippen LogP contribution in [0.3, 0.4) is 0 Å². The lowest BCUT2D eigenvalue weighted by Gasteiger charge is -2.31. The van der Waals surface area contributed by atoms with Gasteiger partial charge in [0.15, 0.2) is 0 Å². The smallest absolute Gasteiger partial charge is 0.251 e. The Labute approximate surface area is 168 Å². The number of aliphatic hydroxyl groups is 1. The topological polar surface area (TPSA) is 87.7 Å². The van der Waals surface area contributed by atoms with Crippen LogP contribution >= 0.6 is 0 Å². The van der Waals surface area contributed by atoms with E-state index in [-0.39, 0.29) is 24.5 Å². The predicted octanol–water partition coefficient (Wildman–Crippen LogP) is 1.95. The fourth-order valence-corrected chi connectivity index (χ4v) is 3.05. The van der Waals surface area contributed by atoms with Crippen LogP contribution in [0.5, 0.6) is 0 Å². The summed E-state index contributed by atoms with van der Waals surface area (Å²) in [4.78, 5) is 24.5. The summed E-state index contributed by atoms with van der Waals surface area (Å²) in [7, 11) is 0. The van der Waals surface area contributed by atoms with Crippen molar-refractivity contribution in [3.05, 3.63) is 83.7 Å². The largest absolute Gasteiger partial charge is 0.394 e. The molecule has 0 aromatic heterocycles. The number of aliphatic hydroxyl groups excluding tert-OH is 1. The maximum atomic E-state index is 13.3. The zero-order valence-corrected chi connectivity index (χ0v) is 15.8. The molecule has 0 bridgehead atoms. The molecule has 3 N–H and O–H groups in total. The summed E-state index contributed by atoms with van der Waals surface area (Å²) in [5, 5.41) is 15.2. The van der Waals surface area contributed by atoms with Crippen LogP contribution in [-0.4, -0.2) is 41.8 Å². The number of hydrogen-bond donors (Lipinski definition) is 3. The molecule has 0 saturated heterocycles. The lowest BCUT2D eigenvalue weighted by Crippen LogP contribution is -2.49. The molecule has 3 rings (SSSR count). The summed E-state index contributed by atoms with van der Waals surface area (Å²) in [6, 6.07) is 14.3.